The van der Waals surface area contributed by atoms with E-state index in [0.29, 0.717) is 23.7 Å². The summed E-state index contributed by atoms with van der Waals surface area (Å²) in [4.78, 5) is 41.7. The number of methoxy groups -OCH3 is 2. The molecule has 0 radical (unpaired) electrons. The van der Waals surface area contributed by atoms with E-state index in [0.717, 1.165) is 44.1 Å². The van der Waals surface area contributed by atoms with Crippen molar-refractivity contribution >= 4 is 17.7 Å². The predicted octanol–water partition coefficient (Wildman–Crippen LogP) is 2.90. The lowest BCUT2D eigenvalue weighted by Gasteiger charge is -2.43. The van der Waals surface area contributed by atoms with Gasteiger partial charge in [-0.2, -0.15) is 5.10 Å². The monoisotopic (exact) mass is 511 g/mol. The molecule has 3 amide bonds. The van der Waals surface area contributed by atoms with Gasteiger partial charge in [-0.1, -0.05) is 26.2 Å². The van der Waals surface area contributed by atoms with Crippen LogP contribution in [-0.2, 0) is 17.9 Å². The van der Waals surface area contributed by atoms with Crippen molar-refractivity contribution in [3.8, 4) is 11.5 Å². The van der Waals surface area contributed by atoms with Gasteiger partial charge in [0.1, 0.15) is 22.7 Å². The summed E-state index contributed by atoms with van der Waals surface area (Å²) < 4.78 is 12.1. The number of amides is 3. The van der Waals surface area contributed by atoms with Crippen molar-refractivity contribution in [1.29, 1.82) is 0 Å². The molecule has 1 saturated carbocycles. The first-order valence-electron chi connectivity index (χ1n) is 13.0. The molecule has 1 aliphatic carbocycles. The first-order chi connectivity index (χ1) is 17.8. The summed E-state index contributed by atoms with van der Waals surface area (Å²) in [5.41, 5.74) is 0.137. The molecule has 1 aromatic carbocycles. The van der Waals surface area contributed by atoms with Crippen molar-refractivity contribution in [2.75, 3.05) is 20.8 Å². The number of carbonyl (C=O) groups is 3. The standard InChI is InChI=1S/C27H37N5O5/c1-5-6-13-31-25(34)22-15-21(24(33)28-16-18-11-12-20(36-3)14-23(18)37-4)30-32(22)17-27(31,2)26(35)29-19-9-7-8-10-19/h11-12,14-15,19H,5-10,13,16-17H2,1-4H3,(H,28,33)(H,29,35)/t27-/m0/s1. The Bertz CT molecular complexity index is 1160. The number of rotatable bonds is 10. The molecule has 0 saturated heterocycles. The Hall–Kier alpha value is -3.56. The van der Waals surface area contributed by atoms with Gasteiger partial charge in [-0.15, -0.1) is 0 Å². The van der Waals surface area contributed by atoms with Gasteiger partial charge in [0, 0.05) is 36.8 Å². The zero-order valence-electron chi connectivity index (χ0n) is 22.1. The summed E-state index contributed by atoms with van der Waals surface area (Å²) in [6.07, 6.45) is 5.80. The smallest absolute Gasteiger partial charge is 0.273 e. The Balaban J connectivity index is 1.53. The minimum Gasteiger partial charge on any atom is -0.497 e. The number of aromatic nitrogens is 2. The van der Waals surface area contributed by atoms with E-state index in [2.05, 4.69) is 22.7 Å². The van der Waals surface area contributed by atoms with Gasteiger partial charge in [0.2, 0.25) is 5.91 Å². The van der Waals surface area contributed by atoms with Crippen molar-refractivity contribution in [3.05, 3.63) is 41.2 Å². The molecule has 200 valence electrons. The fourth-order valence-corrected chi connectivity index (χ4v) is 5.09. The fourth-order valence-electron chi connectivity index (χ4n) is 5.09. The number of hydrogen-bond acceptors (Lipinski definition) is 6. The molecule has 0 unspecified atom stereocenters. The molecule has 10 nitrogen and oxygen atoms in total. The molecule has 1 fully saturated rings. The molecular weight excluding hydrogens is 474 g/mol. The van der Waals surface area contributed by atoms with Gasteiger partial charge < -0.3 is 25.0 Å². The maximum absolute atomic E-state index is 13.6. The van der Waals surface area contributed by atoms with Crippen LogP contribution in [0.4, 0.5) is 0 Å². The number of fused-ring (bicyclic) bond motifs is 1. The summed E-state index contributed by atoms with van der Waals surface area (Å²) in [7, 11) is 3.13. The number of carbonyl (C=O) groups excluding carboxylic acids is 3. The lowest BCUT2D eigenvalue weighted by atomic mass is 9.94. The highest BCUT2D eigenvalue weighted by molar-refractivity contribution is 6.02. The average Bonchev–Trinajstić information content (AvgIpc) is 3.57. The van der Waals surface area contributed by atoms with Crippen molar-refractivity contribution in [2.24, 2.45) is 0 Å². The van der Waals surface area contributed by atoms with Crippen LogP contribution in [0.3, 0.4) is 0 Å². The lowest BCUT2D eigenvalue weighted by molar-refractivity contribution is -0.133. The van der Waals surface area contributed by atoms with Crippen LogP contribution in [0.2, 0.25) is 0 Å². The van der Waals surface area contributed by atoms with E-state index in [1.54, 1.807) is 38.2 Å². The Kier molecular flexibility index (Phi) is 8.04. The van der Waals surface area contributed by atoms with Gasteiger partial charge in [0.25, 0.3) is 11.8 Å². The maximum Gasteiger partial charge on any atom is 0.273 e. The van der Waals surface area contributed by atoms with Gasteiger partial charge >= 0.3 is 0 Å². The number of ether oxygens (including phenoxy) is 2. The van der Waals surface area contributed by atoms with E-state index in [-0.39, 0.29) is 36.6 Å². The quantitative estimate of drug-likeness (QED) is 0.507. The third-order valence-corrected chi connectivity index (χ3v) is 7.38. The van der Waals surface area contributed by atoms with E-state index in [9.17, 15) is 14.4 Å². The zero-order valence-corrected chi connectivity index (χ0v) is 22.1. The van der Waals surface area contributed by atoms with Crippen molar-refractivity contribution in [3.63, 3.8) is 0 Å². The van der Waals surface area contributed by atoms with Gasteiger partial charge in [-0.05, 0) is 38.3 Å². The molecule has 0 spiro atoms. The van der Waals surface area contributed by atoms with Crippen LogP contribution in [0.5, 0.6) is 11.5 Å². The van der Waals surface area contributed by atoms with Crippen LogP contribution in [0.25, 0.3) is 0 Å². The van der Waals surface area contributed by atoms with E-state index < -0.39 is 11.4 Å². The third kappa shape index (κ3) is 5.42. The Morgan fingerprint density at radius 2 is 1.92 bits per heavy atom. The van der Waals surface area contributed by atoms with Crippen LogP contribution < -0.4 is 20.1 Å². The van der Waals surface area contributed by atoms with E-state index in [1.165, 1.54) is 10.7 Å². The molecule has 10 heteroatoms. The second-order valence-corrected chi connectivity index (χ2v) is 9.97. The first-order valence-corrected chi connectivity index (χ1v) is 13.0. The van der Waals surface area contributed by atoms with Gasteiger partial charge in [-0.3, -0.25) is 19.1 Å². The van der Waals surface area contributed by atoms with Gasteiger partial charge in [0.05, 0.1) is 20.8 Å². The molecule has 2 aliphatic rings. The number of nitrogens with zero attached hydrogens (tertiary/aromatic N) is 3. The average molecular weight is 512 g/mol. The lowest BCUT2D eigenvalue weighted by Crippen LogP contribution is -2.65. The highest BCUT2D eigenvalue weighted by Gasteiger charge is 2.48. The number of benzene rings is 1. The van der Waals surface area contributed by atoms with Gasteiger partial charge in [-0.25, -0.2) is 0 Å². The molecule has 1 aromatic heterocycles. The molecule has 1 aliphatic heterocycles. The van der Waals surface area contributed by atoms with Crippen LogP contribution >= 0.6 is 0 Å². The Morgan fingerprint density at radius 1 is 1.16 bits per heavy atom. The minimum atomic E-state index is -1.09. The second-order valence-electron chi connectivity index (χ2n) is 9.97. The summed E-state index contributed by atoms with van der Waals surface area (Å²) in [5, 5.41) is 10.4. The summed E-state index contributed by atoms with van der Waals surface area (Å²) >= 11 is 0. The minimum absolute atomic E-state index is 0.131. The van der Waals surface area contributed by atoms with Crippen LogP contribution in [0, 0.1) is 0 Å². The highest BCUT2D eigenvalue weighted by atomic mass is 16.5. The third-order valence-electron chi connectivity index (χ3n) is 7.38. The van der Waals surface area contributed by atoms with E-state index in [4.69, 9.17) is 9.47 Å². The second kappa shape index (κ2) is 11.2. The molecule has 2 N–H and O–H groups in total. The largest absolute Gasteiger partial charge is 0.497 e. The summed E-state index contributed by atoms with van der Waals surface area (Å²) in [5.74, 6) is 0.383. The van der Waals surface area contributed by atoms with Crippen molar-refractivity contribution < 1.29 is 23.9 Å². The SMILES string of the molecule is CCCCN1C(=O)c2cc(C(=O)NCc3ccc(OC)cc3OC)nn2C[C@@]1(C)C(=O)NC1CCCC1. The molecule has 0 bridgehead atoms. The summed E-state index contributed by atoms with van der Waals surface area (Å²) in [6.45, 7) is 4.72. The molecule has 4 rings (SSSR count). The van der Waals surface area contributed by atoms with Crippen LogP contribution in [0.15, 0.2) is 24.3 Å². The zero-order chi connectivity index (χ0) is 26.6. The maximum atomic E-state index is 13.6. The van der Waals surface area contributed by atoms with E-state index in [1.807, 2.05) is 6.07 Å². The van der Waals surface area contributed by atoms with Crippen LogP contribution in [0.1, 0.15) is 78.9 Å². The first kappa shape index (κ1) is 26.5. The number of nitrogens with one attached hydrogen (secondary N) is 2. The topological polar surface area (TPSA) is 115 Å². The Labute approximate surface area is 217 Å². The molecule has 37 heavy (non-hydrogen) atoms. The molecular formula is C27H37N5O5. The molecule has 1 atom stereocenters. The fraction of sp³-hybridized carbons (Fsp3) is 0.556. The number of unbranched alkanes of at least 4 members (excludes halogenated alkanes) is 1. The normalized spacial score (nSPS) is 19.5. The van der Waals surface area contributed by atoms with Crippen molar-refractivity contribution in [2.45, 2.75) is 77.0 Å². The summed E-state index contributed by atoms with van der Waals surface area (Å²) in [6, 6.07) is 7.01. The highest BCUT2D eigenvalue weighted by Crippen LogP contribution is 2.29. The van der Waals surface area contributed by atoms with Crippen LogP contribution in [-0.4, -0.2) is 64.7 Å². The predicted molar refractivity (Wildman–Crippen MR) is 138 cm³/mol. The van der Waals surface area contributed by atoms with E-state index >= 15 is 0 Å². The Morgan fingerprint density at radius 3 is 2.59 bits per heavy atom. The van der Waals surface area contributed by atoms with Crippen molar-refractivity contribution in [1.82, 2.24) is 25.3 Å². The van der Waals surface area contributed by atoms with Gasteiger partial charge in [0.15, 0.2) is 5.69 Å². The number of hydrogen-bond donors (Lipinski definition) is 2. The molecule has 2 aromatic rings. The molecule has 2 heterocycles.